The second-order valence-electron chi connectivity index (χ2n) is 4.16. The average molecular weight is 261 g/mol. The summed E-state index contributed by atoms with van der Waals surface area (Å²) in [6.45, 7) is 2.70. The smallest absolute Gasteiger partial charge is 0.122 e. The van der Waals surface area contributed by atoms with Crippen molar-refractivity contribution in [2.24, 2.45) is 7.05 Å². The first-order valence-electron chi connectivity index (χ1n) is 6.49. The molecule has 104 valence electrons. The number of hydrogen-bond acceptors (Lipinski definition) is 3. The molecule has 0 radical (unpaired) electrons. The van der Waals surface area contributed by atoms with Crippen LogP contribution in [-0.4, -0.2) is 30.5 Å². The maximum absolute atomic E-state index is 5.60. The van der Waals surface area contributed by atoms with E-state index in [1.807, 2.05) is 63.2 Å². The molecule has 0 atom stereocenters. The third-order valence-electron chi connectivity index (χ3n) is 2.57. The zero-order chi connectivity index (χ0) is 14.1. The molecule has 1 N–H and O–H groups in total. The minimum atomic E-state index is 0.697. The van der Waals surface area contributed by atoms with Crippen LogP contribution in [0, 0.1) is 0 Å². The highest BCUT2D eigenvalue weighted by Crippen LogP contribution is 2.20. The van der Waals surface area contributed by atoms with Gasteiger partial charge < -0.3 is 10.1 Å². The van der Waals surface area contributed by atoms with Crippen molar-refractivity contribution in [2.45, 2.75) is 13.3 Å². The molecule has 0 fully saturated rings. The molecule has 0 aliphatic carbocycles. The van der Waals surface area contributed by atoms with Crippen molar-refractivity contribution in [2.75, 3.05) is 20.7 Å². The molecule has 0 unspecified atom stereocenters. The fourth-order valence-corrected chi connectivity index (χ4v) is 1.72. The summed E-state index contributed by atoms with van der Waals surface area (Å²) in [5.74, 6) is 0.964. The molecule has 0 bridgehead atoms. The maximum atomic E-state index is 5.60. The van der Waals surface area contributed by atoms with Crippen molar-refractivity contribution < 1.29 is 4.74 Å². The summed E-state index contributed by atoms with van der Waals surface area (Å²) in [5.41, 5.74) is 2.39. The Kier molecular flexibility index (Phi) is 6.68. The number of aryl methyl sites for hydroxylation is 1. The van der Waals surface area contributed by atoms with Gasteiger partial charge in [0.1, 0.15) is 5.75 Å². The number of ether oxygens (including phenoxy) is 1. The van der Waals surface area contributed by atoms with Gasteiger partial charge in [-0.3, -0.25) is 4.68 Å². The fourth-order valence-electron chi connectivity index (χ4n) is 1.72. The molecule has 0 saturated carbocycles. The SMILES string of the molecule is CCOc1ccccc1Cc1ccnn1C.CNC. The summed E-state index contributed by atoms with van der Waals surface area (Å²) in [6, 6.07) is 10.2. The number of aromatic nitrogens is 2. The number of hydrogen-bond donors (Lipinski definition) is 1. The summed E-state index contributed by atoms with van der Waals surface area (Å²) in [7, 11) is 5.71. The lowest BCUT2D eigenvalue weighted by Gasteiger charge is -2.09. The van der Waals surface area contributed by atoms with E-state index in [0.29, 0.717) is 6.61 Å². The first kappa shape index (κ1) is 15.2. The average Bonchev–Trinajstić information content (AvgIpc) is 2.79. The Hall–Kier alpha value is -1.81. The Morgan fingerprint density at radius 1 is 1.21 bits per heavy atom. The molecule has 4 heteroatoms. The summed E-state index contributed by atoms with van der Waals surface area (Å²) in [5, 5.41) is 6.91. The normalized spacial score (nSPS) is 9.68. The molecular weight excluding hydrogens is 238 g/mol. The van der Waals surface area contributed by atoms with Crippen LogP contribution in [-0.2, 0) is 13.5 Å². The molecule has 1 aromatic carbocycles. The second kappa shape index (κ2) is 8.32. The van der Waals surface area contributed by atoms with Gasteiger partial charge in [0.25, 0.3) is 0 Å². The lowest BCUT2D eigenvalue weighted by molar-refractivity contribution is 0.337. The third-order valence-corrected chi connectivity index (χ3v) is 2.57. The van der Waals surface area contributed by atoms with E-state index in [-0.39, 0.29) is 0 Å². The van der Waals surface area contributed by atoms with E-state index >= 15 is 0 Å². The molecule has 0 saturated heterocycles. The van der Waals surface area contributed by atoms with Gasteiger partial charge >= 0.3 is 0 Å². The highest BCUT2D eigenvalue weighted by atomic mass is 16.5. The summed E-state index contributed by atoms with van der Waals surface area (Å²) < 4.78 is 7.49. The fraction of sp³-hybridized carbons (Fsp3) is 0.400. The molecule has 0 aliphatic rings. The summed E-state index contributed by atoms with van der Waals surface area (Å²) >= 11 is 0. The summed E-state index contributed by atoms with van der Waals surface area (Å²) in [4.78, 5) is 0. The molecule has 2 aromatic rings. The second-order valence-corrected chi connectivity index (χ2v) is 4.16. The van der Waals surface area contributed by atoms with Gasteiger partial charge in [-0.1, -0.05) is 18.2 Å². The molecule has 19 heavy (non-hydrogen) atoms. The van der Waals surface area contributed by atoms with Crippen molar-refractivity contribution >= 4 is 0 Å². The zero-order valence-electron chi connectivity index (χ0n) is 12.2. The number of para-hydroxylation sites is 1. The van der Waals surface area contributed by atoms with Crippen LogP contribution in [0.3, 0.4) is 0 Å². The van der Waals surface area contributed by atoms with Gasteiger partial charge in [0, 0.05) is 30.9 Å². The Bertz CT molecular complexity index is 480. The molecule has 2 rings (SSSR count). The van der Waals surface area contributed by atoms with Crippen molar-refractivity contribution in [3.8, 4) is 5.75 Å². The van der Waals surface area contributed by atoms with Crippen LogP contribution >= 0.6 is 0 Å². The largest absolute Gasteiger partial charge is 0.494 e. The molecule has 0 aliphatic heterocycles. The van der Waals surface area contributed by atoms with Gasteiger partial charge in [-0.05, 0) is 33.2 Å². The van der Waals surface area contributed by atoms with Crippen molar-refractivity contribution in [3.63, 3.8) is 0 Å². The van der Waals surface area contributed by atoms with Gasteiger partial charge in [-0.15, -0.1) is 0 Å². The first-order chi connectivity index (χ1) is 9.22. The Morgan fingerprint density at radius 2 is 1.89 bits per heavy atom. The minimum absolute atomic E-state index is 0.697. The standard InChI is InChI=1S/C13H16N2O.C2H7N/c1-3-16-13-7-5-4-6-11(13)10-12-8-9-14-15(12)2;1-3-2/h4-9H,3,10H2,1-2H3;3H,1-2H3. The van der Waals surface area contributed by atoms with Gasteiger partial charge in [-0.2, -0.15) is 5.10 Å². The van der Waals surface area contributed by atoms with Crippen LogP contribution in [0.15, 0.2) is 36.5 Å². The monoisotopic (exact) mass is 261 g/mol. The molecule has 4 nitrogen and oxygen atoms in total. The predicted molar refractivity (Wildman–Crippen MR) is 78.6 cm³/mol. The Labute approximate surface area is 115 Å². The van der Waals surface area contributed by atoms with E-state index in [2.05, 4.69) is 16.5 Å². The van der Waals surface area contributed by atoms with Gasteiger partial charge in [0.05, 0.1) is 6.61 Å². The van der Waals surface area contributed by atoms with E-state index in [1.54, 1.807) is 0 Å². The minimum Gasteiger partial charge on any atom is -0.494 e. The van der Waals surface area contributed by atoms with E-state index in [1.165, 1.54) is 11.3 Å². The topological polar surface area (TPSA) is 39.1 Å². The van der Waals surface area contributed by atoms with E-state index in [0.717, 1.165) is 12.2 Å². The molecule has 0 amide bonds. The van der Waals surface area contributed by atoms with Crippen molar-refractivity contribution in [1.82, 2.24) is 15.1 Å². The number of benzene rings is 1. The number of nitrogens with zero attached hydrogens (tertiary/aromatic N) is 2. The van der Waals surface area contributed by atoms with Gasteiger partial charge in [0.2, 0.25) is 0 Å². The Balaban J connectivity index is 0.000000550. The van der Waals surface area contributed by atoms with E-state index < -0.39 is 0 Å². The van der Waals surface area contributed by atoms with Crippen molar-refractivity contribution in [1.29, 1.82) is 0 Å². The third kappa shape index (κ3) is 4.75. The van der Waals surface area contributed by atoms with Gasteiger partial charge in [0.15, 0.2) is 0 Å². The molecule has 1 aromatic heterocycles. The maximum Gasteiger partial charge on any atom is 0.122 e. The highest BCUT2D eigenvalue weighted by molar-refractivity contribution is 5.36. The highest BCUT2D eigenvalue weighted by Gasteiger charge is 2.05. The summed E-state index contributed by atoms with van der Waals surface area (Å²) in [6.07, 6.45) is 2.67. The number of nitrogens with one attached hydrogen (secondary N) is 1. The van der Waals surface area contributed by atoms with Crippen LogP contribution in [0.5, 0.6) is 5.75 Å². The Morgan fingerprint density at radius 3 is 2.47 bits per heavy atom. The molecule has 0 spiro atoms. The first-order valence-corrected chi connectivity index (χ1v) is 6.49. The zero-order valence-corrected chi connectivity index (χ0v) is 12.2. The van der Waals surface area contributed by atoms with E-state index in [9.17, 15) is 0 Å². The van der Waals surface area contributed by atoms with Crippen LogP contribution in [0.2, 0.25) is 0 Å². The van der Waals surface area contributed by atoms with Crippen LogP contribution in [0.4, 0.5) is 0 Å². The number of rotatable bonds is 4. The molecule has 1 heterocycles. The quantitative estimate of drug-likeness (QED) is 0.917. The van der Waals surface area contributed by atoms with Crippen molar-refractivity contribution in [3.05, 3.63) is 47.8 Å². The lowest BCUT2D eigenvalue weighted by Crippen LogP contribution is -2.01. The molecular formula is C15H23N3O. The lowest BCUT2D eigenvalue weighted by atomic mass is 10.1. The van der Waals surface area contributed by atoms with Crippen LogP contribution in [0.25, 0.3) is 0 Å². The van der Waals surface area contributed by atoms with Crippen LogP contribution < -0.4 is 10.1 Å². The van der Waals surface area contributed by atoms with E-state index in [4.69, 9.17) is 4.74 Å². The van der Waals surface area contributed by atoms with Crippen LogP contribution in [0.1, 0.15) is 18.2 Å². The van der Waals surface area contributed by atoms with Gasteiger partial charge in [-0.25, -0.2) is 0 Å². The predicted octanol–water partition coefficient (Wildman–Crippen LogP) is 2.25.